The smallest absolute Gasteiger partial charge is 0.252 e. The Bertz CT molecular complexity index is 1260. The summed E-state index contributed by atoms with van der Waals surface area (Å²) in [6.45, 7) is 1.73. The van der Waals surface area contributed by atoms with Crippen LogP contribution in [0, 0.1) is 12.7 Å². The van der Waals surface area contributed by atoms with E-state index in [1.165, 1.54) is 34.4 Å². The maximum Gasteiger partial charge on any atom is 0.252 e. The van der Waals surface area contributed by atoms with Gasteiger partial charge in [-0.15, -0.1) is 11.3 Å². The number of hydrogen-bond acceptors (Lipinski definition) is 5. The van der Waals surface area contributed by atoms with Gasteiger partial charge in [0.05, 0.1) is 17.5 Å². The highest BCUT2D eigenvalue weighted by molar-refractivity contribution is 7.14. The van der Waals surface area contributed by atoms with Crippen molar-refractivity contribution in [3.8, 4) is 11.3 Å². The zero-order chi connectivity index (χ0) is 19.8. The van der Waals surface area contributed by atoms with Crippen LogP contribution < -0.4 is 10.9 Å². The van der Waals surface area contributed by atoms with Gasteiger partial charge < -0.3 is 9.88 Å². The van der Waals surface area contributed by atoms with Crippen LogP contribution in [0.3, 0.4) is 0 Å². The number of rotatable bonds is 4. The summed E-state index contributed by atoms with van der Waals surface area (Å²) in [6.07, 6.45) is 1.52. The van der Waals surface area contributed by atoms with Gasteiger partial charge in [0.1, 0.15) is 12.4 Å². The van der Waals surface area contributed by atoms with Crippen molar-refractivity contribution in [1.82, 2.24) is 19.1 Å². The first-order chi connectivity index (χ1) is 13.4. The number of aromatic nitrogens is 4. The molecule has 0 aliphatic heterocycles. The minimum absolute atomic E-state index is 0.0305. The summed E-state index contributed by atoms with van der Waals surface area (Å²) in [5.74, 6) is -0.568. The molecule has 9 heteroatoms. The van der Waals surface area contributed by atoms with Crippen molar-refractivity contribution in [1.29, 1.82) is 0 Å². The number of carbonyl (C=O) groups excluding carboxylic acids is 1. The lowest BCUT2D eigenvalue weighted by molar-refractivity contribution is -0.116. The summed E-state index contributed by atoms with van der Waals surface area (Å²) < 4.78 is 16.8. The minimum atomic E-state index is -0.294. The molecule has 0 radical (unpaired) electrons. The molecule has 0 aliphatic carbocycles. The molecule has 0 bridgehead atoms. The van der Waals surface area contributed by atoms with E-state index in [0.717, 1.165) is 0 Å². The lowest BCUT2D eigenvalue weighted by Crippen LogP contribution is -2.19. The van der Waals surface area contributed by atoms with Crippen molar-refractivity contribution in [2.75, 3.05) is 5.32 Å². The number of imidazole rings is 1. The predicted molar refractivity (Wildman–Crippen MR) is 106 cm³/mol. The van der Waals surface area contributed by atoms with E-state index in [2.05, 4.69) is 15.3 Å². The molecule has 4 aromatic rings. The van der Waals surface area contributed by atoms with E-state index in [9.17, 15) is 14.0 Å². The molecule has 0 spiro atoms. The molecule has 1 aromatic carbocycles. The molecule has 0 saturated heterocycles. The van der Waals surface area contributed by atoms with Gasteiger partial charge in [-0.1, -0.05) is 12.1 Å². The maximum atomic E-state index is 13.8. The van der Waals surface area contributed by atoms with Crippen LogP contribution in [0.25, 0.3) is 22.4 Å². The quantitative estimate of drug-likeness (QED) is 0.574. The lowest BCUT2D eigenvalue weighted by atomic mass is 10.1. The summed E-state index contributed by atoms with van der Waals surface area (Å²) in [5, 5.41) is 4.94. The fourth-order valence-corrected chi connectivity index (χ4v) is 3.57. The monoisotopic (exact) mass is 397 g/mol. The largest absolute Gasteiger partial charge is 0.320 e. The molecule has 7 nitrogen and oxygen atoms in total. The van der Waals surface area contributed by atoms with Gasteiger partial charge in [-0.05, 0) is 24.6 Å². The third-order valence-corrected chi connectivity index (χ3v) is 5.18. The molecule has 0 aliphatic rings. The van der Waals surface area contributed by atoms with E-state index in [1.54, 1.807) is 42.1 Å². The fourth-order valence-electron chi connectivity index (χ4n) is 2.83. The third-order valence-electron chi connectivity index (χ3n) is 4.42. The Labute approximate surface area is 163 Å². The standard InChI is InChI=1S/C19H16FN5O2S/c1-11-3-4-12(7-13(11)20)14-9-28-19(22-14)23-16(26)8-25-10-21-18-15(25)5-6-17(27)24(18)2/h3-7,9-10H,8H2,1-2H3,(H,22,23,26). The second-order valence-corrected chi connectivity index (χ2v) is 7.22. The molecule has 1 N–H and O–H groups in total. The average molecular weight is 397 g/mol. The molecule has 0 fully saturated rings. The van der Waals surface area contributed by atoms with Crippen LogP contribution in [0.5, 0.6) is 0 Å². The number of anilines is 1. The molecule has 28 heavy (non-hydrogen) atoms. The van der Waals surface area contributed by atoms with E-state index in [-0.39, 0.29) is 23.8 Å². The van der Waals surface area contributed by atoms with Crippen LogP contribution in [0.1, 0.15) is 5.56 Å². The predicted octanol–water partition coefficient (Wildman–Crippen LogP) is 2.94. The van der Waals surface area contributed by atoms with Crippen molar-refractivity contribution in [2.24, 2.45) is 7.05 Å². The van der Waals surface area contributed by atoms with Gasteiger partial charge in [-0.3, -0.25) is 14.2 Å². The molecule has 1 amide bonds. The van der Waals surface area contributed by atoms with Gasteiger partial charge in [0.2, 0.25) is 5.91 Å². The number of carbonyl (C=O) groups is 1. The van der Waals surface area contributed by atoms with Crippen LogP contribution in [0.4, 0.5) is 9.52 Å². The molecule has 142 valence electrons. The van der Waals surface area contributed by atoms with Crippen LogP contribution in [0.15, 0.2) is 46.8 Å². The second-order valence-electron chi connectivity index (χ2n) is 6.36. The highest BCUT2D eigenvalue weighted by Crippen LogP contribution is 2.26. The van der Waals surface area contributed by atoms with Crippen LogP contribution in [-0.2, 0) is 18.4 Å². The van der Waals surface area contributed by atoms with Crippen LogP contribution >= 0.6 is 11.3 Å². The van der Waals surface area contributed by atoms with E-state index >= 15 is 0 Å². The number of amides is 1. The van der Waals surface area contributed by atoms with Gasteiger partial charge in [-0.2, -0.15) is 0 Å². The highest BCUT2D eigenvalue weighted by Gasteiger charge is 2.12. The number of aryl methyl sites for hydroxylation is 2. The molecular formula is C19H16FN5O2S. The zero-order valence-corrected chi connectivity index (χ0v) is 16.0. The SMILES string of the molecule is Cc1ccc(-c2csc(NC(=O)Cn3cnc4c3ccc(=O)n4C)n2)cc1F. The maximum absolute atomic E-state index is 13.8. The van der Waals surface area contributed by atoms with Gasteiger partial charge >= 0.3 is 0 Å². The molecule has 0 atom stereocenters. The zero-order valence-electron chi connectivity index (χ0n) is 15.1. The Morgan fingerprint density at radius 1 is 1.29 bits per heavy atom. The van der Waals surface area contributed by atoms with Crippen molar-refractivity contribution in [2.45, 2.75) is 13.5 Å². The molecular weight excluding hydrogens is 381 g/mol. The van der Waals surface area contributed by atoms with Gasteiger partial charge in [0.25, 0.3) is 5.56 Å². The molecule has 0 unspecified atom stereocenters. The second kappa shape index (κ2) is 7.01. The number of pyridine rings is 1. The lowest BCUT2D eigenvalue weighted by Gasteiger charge is -2.05. The van der Waals surface area contributed by atoms with Gasteiger partial charge in [0, 0.05) is 24.1 Å². The summed E-state index contributed by atoms with van der Waals surface area (Å²) in [5.41, 5.74) is 2.86. The molecule has 4 rings (SSSR count). The van der Waals surface area contributed by atoms with Crippen molar-refractivity contribution < 1.29 is 9.18 Å². The highest BCUT2D eigenvalue weighted by atomic mass is 32.1. The third kappa shape index (κ3) is 3.31. The Kier molecular flexibility index (Phi) is 4.52. The number of benzene rings is 1. The number of nitrogens with one attached hydrogen (secondary N) is 1. The average Bonchev–Trinajstić information content (AvgIpc) is 3.28. The topological polar surface area (TPSA) is 81.8 Å². The normalized spacial score (nSPS) is 11.1. The Morgan fingerprint density at radius 3 is 2.89 bits per heavy atom. The summed E-state index contributed by atoms with van der Waals surface area (Å²) >= 11 is 1.27. The van der Waals surface area contributed by atoms with E-state index in [1.807, 2.05) is 0 Å². The van der Waals surface area contributed by atoms with Crippen molar-refractivity contribution in [3.05, 3.63) is 63.8 Å². The van der Waals surface area contributed by atoms with E-state index < -0.39 is 0 Å². The van der Waals surface area contributed by atoms with E-state index in [4.69, 9.17) is 0 Å². The van der Waals surface area contributed by atoms with Crippen molar-refractivity contribution >= 4 is 33.5 Å². The fraction of sp³-hybridized carbons (Fsp3) is 0.158. The first kappa shape index (κ1) is 18.1. The van der Waals surface area contributed by atoms with Crippen LogP contribution in [-0.4, -0.2) is 25.0 Å². The Morgan fingerprint density at radius 2 is 2.11 bits per heavy atom. The van der Waals surface area contributed by atoms with Gasteiger partial charge in [-0.25, -0.2) is 14.4 Å². The van der Waals surface area contributed by atoms with Crippen LogP contribution in [0.2, 0.25) is 0 Å². The summed E-state index contributed by atoms with van der Waals surface area (Å²) in [4.78, 5) is 32.6. The first-order valence-electron chi connectivity index (χ1n) is 8.45. The number of halogens is 1. The number of thiazole rings is 1. The van der Waals surface area contributed by atoms with Crippen molar-refractivity contribution in [3.63, 3.8) is 0 Å². The number of fused-ring (bicyclic) bond motifs is 1. The molecule has 0 saturated carbocycles. The molecule has 3 aromatic heterocycles. The number of hydrogen-bond donors (Lipinski definition) is 1. The summed E-state index contributed by atoms with van der Waals surface area (Å²) in [6, 6.07) is 8.00. The Hall–Kier alpha value is -3.33. The Balaban J connectivity index is 1.50. The summed E-state index contributed by atoms with van der Waals surface area (Å²) in [7, 11) is 1.63. The first-order valence-corrected chi connectivity index (χ1v) is 9.33. The minimum Gasteiger partial charge on any atom is -0.320 e. The number of nitrogens with zero attached hydrogens (tertiary/aromatic N) is 4. The van der Waals surface area contributed by atoms with Gasteiger partial charge in [0.15, 0.2) is 10.8 Å². The van der Waals surface area contributed by atoms with E-state index in [0.29, 0.717) is 33.1 Å². The molecule has 3 heterocycles.